The van der Waals surface area contributed by atoms with Crippen LogP contribution >= 0.6 is 0 Å². The molecule has 0 spiro atoms. The van der Waals surface area contributed by atoms with Gasteiger partial charge in [0.2, 0.25) is 0 Å². The van der Waals surface area contributed by atoms with E-state index < -0.39 is 0 Å². The molecule has 4 heteroatoms. The van der Waals surface area contributed by atoms with E-state index >= 15 is 0 Å². The SMILES string of the molecule is C=CCc1ccc(Oc2ccc(C#N)c(C#N)c2)c(OC)c1. The summed E-state index contributed by atoms with van der Waals surface area (Å²) in [5.74, 6) is 1.62. The second-order valence-corrected chi connectivity index (χ2v) is 4.51. The first kappa shape index (κ1) is 15.2. The molecule has 0 radical (unpaired) electrons. The monoisotopic (exact) mass is 290 g/mol. The molecule has 0 heterocycles. The summed E-state index contributed by atoms with van der Waals surface area (Å²) < 4.78 is 11.1. The van der Waals surface area contributed by atoms with E-state index in [9.17, 15) is 0 Å². The van der Waals surface area contributed by atoms with E-state index in [1.54, 1.807) is 19.2 Å². The second-order valence-electron chi connectivity index (χ2n) is 4.51. The molecule has 4 nitrogen and oxygen atoms in total. The van der Waals surface area contributed by atoms with Gasteiger partial charge in [-0.3, -0.25) is 0 Å². The van der Waals surface area contributed by atoms with E-state index in [2.05, 4.69) is 6.58 Å². The van der Waals surface area contributed by atoms with Crippen LogP contribution in [0.2, 0.25) is 0 Å². The van der Waals surface area contributed by atoms with Gasteiger partial charge in [0.05, 0.1) is 18.2 Å². The average Bonchev–Trinajstić information content (AvgIpc) is 2.56. The van der Waals surface area contributed by atoms with Gasteiger partial charge in [-0.25, -0.2) is 0 Å². The van der Waals surface area contributed by atoms with Gasteiger partial charge in [0.25, 0.3) is 0 Å². The van der Waals surface area contributed by atoms with Crippen molar-refractivity contribution in [1.29, 1.82) is 10.5 Å². The number of hydrogen-bond acceptors (Lipinski definition) is 4. The van der Waals surface area contributed by atoms with Crippen molar-refractivity contribution >= 4 is 0 Å². The standard InChI is InChI=1S/C18H14N2O2/c1-3-4-13-5-8-17(18(9-13)21-2)22-16-7-6-14(11-19)15(10-16)12-20/h3,5-10H,1,4H2,2H3. The normalized spacial score (nSPS) is 9.41. The van der Waals surface area contributed by atoms with Crippen molar-refractivity contribution in [3.05, 3.63) is 65.7 Å². The van der Waals surface area contributed by atoms with Gasteiger partial charge in [-0.15, -0.1) is 6.58 Å². The van der Waals surface area contributed by atoms with Crippen LogP contribution in [0, 0.1) is 22.7 Å². The number of ether oxygens (including phenoxy) is 2. The molecule has 0 saturated heterocycles. The highest BCUT2D eigenvalue weighted by Crippen LogP contribution is 2.33. The maximum Gasteiger partial charge on any atom is 0.169 e. The smallest absolute Gasteiger partial charge is 0.169 e. The Morgan fingerprint density at radius 3 is 2.45 bits per heavy atom. The third-order valence-electron chi connectivity index (χ3n) is 3.07. The number of methoxy groups -OCH3 is 1. The Labute approximate surface area is 129 Å². The zero-order valence-electron chi connectivity index (χ0n) is 12.2. The highest BCUT2D eigenvalue weighted by atomic mass is 16.5. The molecule has 0 fully saturated rings. The summed E-state index contributed by atoms with van der Waals surface area (Å²) in [6.45, 7) is 3.71. The Hall–Kier alpha value is -3.24. The molecule has 0 aliphatic heterocycles. The number of allylic oxidation sites excluding steroid dienone is 1. The number of rotatable bonds is 5. The molecular weight excluding hydrogens is 276 g/mol. The van der Waals surface area contributed by atoms with E-state index in [-0.39, 0.29) is 5.56 Å². The van der Waals surface area contributed by atoms with E-state index in [0.29, 0.717) is 22.8 Å². The van der Waals surface area contributed by atoms with Crippen LogP contribution in [0.4, 0.5) is 0 Å². The van der Waals surface area contributed by atoms with Crippen LogP contribution in [0.1, 0.15) is 16.7 Å². The maximum atomic E-state index is 9.05. The first-order chi connectivity index (χ1) is 10.7. The summed E-state index contributed by atoms with van der Waals surface area (Å²) in [6.07, 6.45) is 2.56. The predicted molar refractivity (Wildman–Crippen MR) is 82.8 cm³/mol. The fourth-order valence-electron chi connectivity index (χ4n) is 1.99. The van der Waals surface area contributed by atoms with E-state index in [0.717, 1.165) is 12.0 Å². The highest BCUT2D eigenvalue weighted by molar-refractivity contribution is 5.51. The van der Waals surface area contributed by atoms with Crippen LogP contribution in [0.15, 0.2) is 49.1 Å². The molecule has 0 aromatic heterocycles. The molecular formula is C18H14N2O2. The minimum atomic E-state index is 0.280. The largest absolute Gasteiger partial charge is 0.493 e. The molecule has 0 N–H and O–H groups in total. The average molecular weight is 290 g/mol. The summed E-state index contributed by atoms with van der Waals surface area (Å²) in [5, 5.41) is 18.0. The Morgan fingerprint density at radius 2 is 1.82 bits per heavy atom. The van der Waals surface area contributed by atoms with E-state index in [4.69, 9.17) is 20.0 Å². The quantitative estimate of drug-likeness (QED) is 0.782. The Bertz CT molecular complexity index is 783. The van der Waals surface area contributed by atoms with Crippen LogP contribution in [-0.4, -0.2) is 7.11 Å². The minimum Gasteiger partial charge on any atom is -0.493 e. The number of hydrogen-bond donors (Lipinski definition) is 0. The highest BCUT2D eigenvalue weighted by Gasteiger charge is 2.09. The van der Waals surface area contributed by atoms with Gasteiger partial charge in [0, 0.05) is 0 Å². The minimum absolute atomic E-state index is 0.280. The third-order valence-corrected chi connectivity index (χ3v) is 3.07. The van der Waals surface area contributed by atoms with Crippen LogP contribution in [0.25, 0.3) is 0 Å². The fraction of sp³-hybridized carbons (Fsp3) is 0.111. The lowest BCUT2D eigenvalue weighted by atomic mass is 10.1. The van der Waals surface area contributed by atoms with Gasteiger partial charge in [0.15, 0.2) is 11.5 Å². The second kappa shape index (κ2) is 6.97. The first-order valence-corrected chi connectivity index (χ1v) is 6.61. The third kappa shape index (κ3) is 3.26. The molecule has 0 saturated carbocycles. The molecule has 2 aromatic rings. The van der Waals surface area contributed by atoms with Gasteiger partial charge in [-0.05, 0) is 42.3 Å². The van der Waals surface area contributed by atoms with Gasteiger partial charge in [-0.1, -0.05) is 12.1 Å². The summed E-state index contributed by atoms with van der Waals surface area (Å²) >= 11 is 0. The molecule has 2 rings (SSSR count). The van der Waals surface area contributed by atoms with Crippen LogP contribution in [-0.2, 0) is 6.42 Å². The van der Waals surface area contributed by atoms with Crippen molar-refractivity contribution in [1.82, 2.24) is 0 Å². The lowest BCUT2D eigenvalue weighted by Gasteiger charge is -2.12. The molecule has 2 aromatic carbocycles. The van der Waals surface area contributed by atoms with Gasteiger partial charge < -0.3 is 9.47 Å². The van der Waals surface area contributed by atoms with E-state index in [1.807, 2.05) is 36.4 Å². The predicted octanol–water partition coefficient (Wildman–Crippen LogP) is 3.96. The molecule has 0 bridgehead atoms. The summed E-state index contributed by atoms with van der Waals surface area (Å²) in [5.41, 5.74) is 1.67. The summed E-state index contributed by atoms with van der Waals surface area (Å²) in [6, 6.07) is 14.3. The fourth-order valence-corrected chi connectivity index (χ4v) is 1.99. The molecule has 0 atom stereocenters. The van der Waals surface area contributed by atoms with Gasteiger partial charge in [-0.2, -0.15) is 10.5 Å². The summed E-state index contributed by atoms with van der Waals surface area (Å²) in [4.78, 5) is 0. The number of benzene rings is 2. The zero-order valence-corrected chi connectivity index (χ0v) is 12.2. The Balaban J connectivity index is 2.33. The molecule has 0 aliphatic carbocycles. The Morgan fingerprint density at radius 1 is 1.05 bits per heavy atom. The van der Waals surface area contributed by atoms with E-state index in [1.165, 1.54) is 6.07 Å². The van der Waals surface area contributed by atoms with Crippen LogP contribution < -0.4 is 9.47 Å². The topological polar surface area (TPSA) is 66.0 Å². The molecule has 108 valence electrons. The maximum absolute atomic E-state index is 9.05. The zero-order chi connectivity index (χ0) is 15.9. The lowest BCUT2D eigenvalue weighted by Crippen LogP contribution is -1.93. The lowest BCUT2D eigenvalue weighted by molar-refractivity contribution is 0.378. The van der Waals surface area contributed by atoms with Crippen molar-refractivity contribution in [3.63, 3.8) is 0 Å². The molecule has 0 aliphatic rings. The van der Waals surface area contributed by atoms with Gasteiger partial charge >= 0.3 is 0 Å². The first-order valence-electron chi connectivity index (χ1n) is 6.61. The summed E-state index contributed by atoms with van der Waals surface area (Å²) in [7, 11) is 1.57. The van der Waals surface area contributed by atoms with Crippen molar-refractivity contribution in [2.24, 2.45) is 0 Å². The van der Waals surface area contributed by atoms with Crippen molar-refractivity contribution in [2.75, 3.05) is 7.11 Å². The van der Waals surface area contributed by atoms with Crippen molar-refractivity contribution in [2.45, 2.75) is 6.42 Å². The molecule has 0 amide bonds. The van der Waals surface area contributed by atoms with Crippen molar-refractivity contribution in [3.8, 4) is 29.4 Å². The molecule has 22 heavy (non-hydrogen) atoms. The number of nitrogens with zero attached hydrogens (tertiary/aromatic N) is 2. The van der Waals surface area contributed by atoms with Crippen LogP contribution in [0.5, 0.6) is 17.2 Å². The van der Waals surface area contributed by atoms with Crippen LogP contribution in [0.3, 0.4) is 0 Å². The molecule has 0 unspecified atom stereocenters. The van der Waals surface area contributed by atoms with Gasteiger partial charge in [0.1, 0.15) is 17.9 Å². The van der Waals surface area contributed by atoms with Crippen molar-refractivity contribution < 1.29 is 9.47 Å². The Kier molecular flexibility index (Phi) is 4.80. The number of nitriles is 2.